The van der Waals surface area contributed by atoms with Crippen molar-refractivity contribution in [3.63, 3.8) is 0 Å². The molecule has 0 spiro atoms. The number of nitrogens with zero attached hydrogens (tertiary/aromatic N) is 2. The van der Waals surface area contributed by atoms with Crippen LogP contribution in [-0.2, 0) is 4.79 Å². The minimum Gasteiger partial charge on any atom is -0.317 e. The third-order valence-electron chi connectivity index (χ3n) is 4.90. The average molecular weight is 363 g/mol. The molecule has 0 bridgehead atoms. The zero-order valence-electron chi connectivity index (χ0n) is 16.5. The summed E-state index contributed by atoms with van der Waals surface area (Å²) in [5, 5.41) is 2.65. The Balaban J connectivity index is 2.07. The standard InChI is InChI=1S/C22H25N3O2/c1-7-8-24-21(26)19(23-22(24)27)12-18-11-16(5)25(17(18)6)20-14(3)9-13(2)10-15(20)4/h7,9-12H,1,8H2,2-6H3,(H,23,27)/b19-12+. The number of rotatable bonds is 4. The maximum atomic E-state index is 12.4. The maximum Gasteiger partial charge on any atom is 0.329 e. The minimum atomic E-state index is -0.412. The lowest BCUT2D eigenvalue weighted by Crippen LogP contribution is -2.30. The van der Waals surface area contributed by atoms with Crippen molar-refractivity contribution in [1.82, 2.24) is 14.8 Å². The number of hydrogen-bond acceptors (Lipinski definition) is 2. The summed E-state index contributed by atoms with van der Waals surface area (Å²) in [5.74, 6) is -0.326. The normalized spacial score (nSPS) is 15.6. The van der Waals surface area contributed by atoms with Gasteiger partial charge in [0.15, 0.2) is 0 Å². The van der Waals surface area contributed by atoms with Gasteiger partial charge in [0.25, 0.3) is 5.91 Å². The first-order valence-corrected chi connectivity index (χ1v) is 8.97. The number of imide groups is 1. The molecule has 5 heteroatoms. The van der Waals surface area contributed by atoms with E-state index >= 15 is 0 Å². The molecule has 0 saturated carbocycles. The van der Waals surface area contributed by atoms with E-state index in [2.05, 4.69) is 49.4 Å². The molecule has 1 fully saturated rings. The molecule has 2 aromatic rings. The molecule has 1 aromatic heterocycles. The molecule has 2 heterocycles. The summed E-state index contributed by atoms with van der Waals surface area (Å²) in [6.07, 6.45) is 3.29. The summed E-state index contributed by atoms with van der Waals surface area (Å²) in [6, 6.07) is 5.97. The second kappa shape index (κ2) is 6.91. The Kier molecular flexibility index (Phi) is 4.79. The van der Waals surface area contributed by atoms with Crippen molar-refractivity contribution in [3.8, 4) is 5.69 Å². The van der Waals surface area contributed by atoms with Crippen LogP contribution in [0.1, 0.15) is 33.6 Å². The van der Waals surface area contributed by atoms with Crippen LogP contribution >= 0.6 is 0 Å². The van der Waals surface area contributed by atoms with E-state index in [1.165, 1.54) is 22.8 Å². The number of carbonyl (C=O) groups is 2. The highest BCUT2D eigenvalue weighted by Crippen LogP contribution is 2.28. The molecule has 1 aliphatic heterocycles. The van der Waals surface area contributed by atoms with E-state index in [1.807, 2.05) is 19.9 Å². The third-order valence-corrected chi connectivity index (χ3v) is 4.90. The summed E-state index contributed by atoms with van der Waals surface area (Å²) in [4.78, 5) is 25.6. The molecule has 140 valence electrons. The number of amides is 3. The first-order valence-electron chi connectivity index (χ1n) is 8.97. The van der Waals surface area contributed by atoms with E-state index in [9.17, 15) is 9.59 Å². The van der Waals surface area contributed by atoms with Gasteiger partial charge in [-0.05, 0) is 63.5 Å². The Hall–Kier alpha value is -3.08. The summed E-state index contributed by atoms with van der Waals surface area (Å²) in [6.45, 7) is 14.2. The van der Waals surface area contributed by atoms with Crippen molar-refractivity contribution >= 4 is 18.0 Å². The first-order chi connectivity index (χ1) is 12.7. The largest absolute Gasteiger partial charge is 0.329 e. The van der Waals surface area contributed by atoms with Crippen LogP contribution in [0, 0.1) is 34.6 Å². The van der Waals surface area contributed by atoms with Gasteiger partial charge in [-0.2, -0.15) is 0 Å². The van der Waals surface area contributed by atoms with Crippen molar-refractivity contribution in [1.29, 1.82) is 0 Å². The van der Waals surface area contributed by atoms with Gasteiger partial charge in [-0.3, -0.25) is 9.69 Å². The average Bonchev–Trinajstić information content (AvgIpc) is 2.99. The number of benzene rings is 1. The summed E-state index contributed by atoms with van der Waals surface area (Å²) < 4.78 is 2.21. The molecular weight excluding hydrogens is 338 g/mol. The van der Waals surface area contributed by atoms with Gasteiger partial charge in [-0.1, -0.05) is 23.8 Å². The molecule has 27 heavy (non-hydrogen) atoms. The Labute approximate surface area is 160 Å². The molecule has 3 amide bonds. The minimum absolute atomic E-state index is 0.197. The fraction of sp³-hybridized carbons (Fsp3) is 0.273. The van der Waals surface area contributed by atoms with Gasteiger partial charge in [0.1, 0.15) is 5.70 Å². The molecule has 1 saturated heterocycles. The quantitative estimate of drug-likeness (QED) is 0.505. The predicted octanol–water partition coefficient (Wildman–Crippen LogP) is 4.10. The van der Waals surface area contributed by atoms with Crippen molar-refractivity contribution in [2.45, 2.75) is 34.6 Å². The lowest BCUT2D eigenvalue weighted by Gasteiger charge is -2.17. The SMILES string of the molecule is C=CCN1C(=O)N/C(=C/c2cc(C)n(-c3c(C)cc(C)cc3C)c2C)C1=O. The number of hydrogen-bond donors (Lipinski definition) is 1. The van der Waals surface area contributed by atoms with Gasteiger partial charge in [-0.25, -0.2) is 4.79 Å². The number of urea groups is 1. The number of nitrogens with one attached hydrogen (secondary N) is 1. The van der Waals surface area contributed by atoms with Crippen LogP contribution in [0.3, 0.4) is 0 Å². The molecule has 0 aliphatic carbocycles. The van der Waals surface area contributed by atoms with E-state index in [1.54, 1.807) is 6.08 Å². The Morgan fingerprint density at radius 1 is 1.04 bits per heavy atom. The molecule has 0 radical (unpaired) electrons. The van der Waals surface area contributed by atoms with Gasteiger partial charge in [0.2, 0.25) is 0 Å². The van der Waals surface area contributed by atoms with Crippen LogP contribution in [0.4, 0.5) is 4.79 Å². The number of carbonyl (C=O) groups excluding carboxylic acids is 2. The molecule has 1 aromatic carbocycles. The summed E-state index contributed by atoms with van der Waals surface area (Å²) >= 11 is 0. The van der Waals surface area contributed by atoms with Gasteiger partial charge in [0, 0.05) is 17.9 Å². The van der Waals surface area contributed by atoms with Gasteiger partial charge < -0.3 is 9.88 Å². The first kappa shape index (κ1) is 18.7. The highest BCUT2D eigenvalue weighted by Gasteiger charge is 2.32. The van der Waals surface area contributed by atoms with Crippen LogP contribution < -0.4 is 5.32 Å². The van der Waals surface area contributed by atoms with Crippen LogP contribution in [0.2, 0.25) is 0 Å². The third kappa shape index (κ3) is 3.21. The zero-order chi connectivity index (χ0) is 19.9. The van der Waals surface area contributed by atoms with Crippen molar-refractivity contribution in [2.24, 2.45) is 0 Å². The lowest BCUT2D eigenvalue weighted by atomic mass is 10.0. The molecule has 5 nitrogen and oxygen atoms in total. The van der Waals surface area contributed by atoms with E-state index in [-0.39, 0.29) is 12.5 Å². The lowest BCUT2D eigenvalue weighted by molar-refractivity contribution is -0.122. The fourth-order valence-electron chi connectivity index (χ4n) is 3.82. The molecule has 1 aliphatic rings. The second-order valence-corrected chi connectivity index (χ2v) is 7.10. The zero-order valence-corrected chi connectivity index (χ0v) is 16.5. The van der Waals surface area contributed by atoms with Gasteiger partial charge >= 0.3 is 6.03 Å². The molecule has 1 N–H and O–H groups in total. The number of aromatic nitrogens is 1. The highest BCUT2D eigenvalue weighted by molar-refractivity contribution is 6.14. The molecule has 0 unspecified atom stereocenters. The van der Waals surface area contributed by atoms with Crippen molar-refractivity contribution in [3.05, 3.63) is 70.2 Å². The van der Waals surface area contributed by atoms with Crippen molar-refractivity contribution < 1.29 is 9.59 Å². The predicted molar refractivity (Wildman–Crippen MR) is 108 cm³/mol. The topological polar surface area (TPSA) is 54.3 Å². The van der Waals surface area contributed by atoms with Crippen LogP contribution in [-0.4, -0.2) is 28.0 Å². The van der Waals surface area contributed by atoms with E-state index < -0.39 is 6.03 Å². The van der Waals surface area contributed by atoms with Crippen molar-refractivity contribution in [2.75, 3.05) is 6.54 Å². The van der Waals surface area contributed by atoms with E-state index in [4.69, 9.17) is 0 Å². The smallest absolute Gasteiger partial charge is 0.317 e. The monoisotopic (exact) mass is 363 g/mol. The molecule has 3 rings (SSSR count). The van der Waals surface area contributed by atoms with Crippen LogP contribution in [0.25, 0.3) is 11.8 Å². The van der Waals surface area contributed by atoms with Gasteiger partial charge in [0.05, 0.1) is 5.69 Å². The van der Waals surface area contributed by atoms with E-state index in [0.717, 1.165) is 27.5 Å². The Morgan fingerprint density at radius 3 is 2.26 bits per heavy atom. The van der Waals surface area contributed by atoms with Crippen LogP contribution in [0.15, 0.2) is 36.6 Å². The fourth-order valence-corrected chi connectivity index (χ4v) is 3.82. The van der Waals surface area contributed by atoms with Crippen LogP contribution in [0.5, 0.6) is 0 Å². The van der Waals surface area contributed by atoms with E-state index in [0.29, 0.717) is 5.70 Å². The Morgan fingerprint density at radius 2 is 1.67 bits per heavy atom. The highest BCUT2D eigenvalue weighted by atomic mass is 16.2. The van der Waals surface area contributed by atoms with Gasteiger partial charge in [-0.15, -0.1) is 6.58 Å². The molecule has 0 atom stereocenters. The number of aryl methyl sites for hydroxylation is 4. The second-order valence-electron chi connectivity index (χ2n) is 7.10. The molecular formula is C22H25N3O2. The Bertz CT molecular complexity index is 972. The summed E-state index contributed by atoms with van der Waals surface area (Å²) in [7, 11) is 0. The maximum absolute atomic E-state index is 12.4. The summed E-state index contributed by atoms with van der Waals surface area (Å²) in [5.41, 5.74) is 8.12.